The first-order valence-electron chi connectivity index (χ1n) is 7.91. The third-order valence-electron chi connectivity index (χ3n) is 4.55. The molecule has 1 aromatic heterocycles. The number of carbonyl (C=O) groups is 1. The quantitative estimate of drug-likeness (QED) is 0.419. The Kier molecular flexibility index (Phi) is 6.25. The number of likely N-dealkylation sites (tertiary alicyclic amines) is 1. The summed E-state index contributed by atoms with van der Waals surface area (Å²) in [6, 6.07) is 1.92. The number of amides is 1. The maximum absolute atomic E-state index is 11.6. The molecule has 1 amide bonds. The van der Waals surface area contributed by atoms with Gasteiger partial charge in [-0.15, -0.1) is 24.0 Å². The zero-order valence-electron chi connectivity index (χ0n) is 13.5. The molecule has 0 aliphatic carbocycles. The molecule has 23 heavy (non-hydrogen) atoms. The van der Waals surface area contributed by atoms with Crippen molar-refractivity contribution in [1.29, 1.82) is 0 Å². The van der Waals surface area contributed by atoms with Crippen molar-refractivity contribution in [2.24, 2.45) is 10.4 Å². The average molecular weight is 432 g/mol. The number of hydrogen-bond donors (Lipinski definition) is 2. The molecule has 2 fully saturated rings. The SMILES string of the molecule is CN=C(NCCn1cccn1)N1CCCC2(CNC(=O)C2)C1.I. The number of hydrogen-bond acceptors (Lipinski definition) is 3. The minimum Gasteiger partial charge on any atom is -0.355 e. The fourth-order valence-corrected chi connectivity index (χ4v) is 3.48. The van der Waals surface area contributed by atoms with E-state index in [4.69, 9.17) is 0 Å². The number of rotatable bonds is 3. The molecule has 1 spiro atoms. The number of piperidine rings is 1. The van der Waals surface area contributed by atoms with Crippen molar-refractivity contribution in [2.45, 2.75) is 25.8 Å². The van der Waals surface area contributed by atoms with Gasteiger partial charge in [-0.3, -0.25) is 14.5 Å². The summed E-state index contributed by atoms with van der Waals surface area (Å²) in [7, 11) is 1.82. The maximum atomic E-state index is 11.6. The summed E-state index contributed by atoms with van der Waals surface area (Å²) < 4.78 is 1.90. The van der Waals surface area contributed by atoms with Crippen molar-refractivity contribution in [3.8, 4) is 0 Å². The molecular weight excluding hydrogens is 407 g/mol. The van der Waals surface area contributed by atoms with E-state index in [2.05, 4.69) is 25.6 Å². The molecule has 8 heteroatoms. The Balaban J connectivity index is 0.00000192. The van der Waals surface area contributed by atoms with Crippen molar-refractivity contribution in [3.05, 3.63) is 18.5 Å². The van der Waals surface area contributed by atoms with Gasteiger partial charge in [-0.2, -0.15) is 5.10 Å². The minimum absolute atomic E-state index is 0. The van der Waals surface area contributed by atoms with Crippen LogP contribution in [0.4, 0.5) is 0 Å². The molecule has 2 aliphatic rings. The molecule has 128 valence electrons. The molecule has 0 radical (unpaired) electrons. The topological polar surface area (TPSA) is 74.6 Å². The number of aliphatic imine (C=N–C) groups is 1. The Morgan fingerprint density at radius 1 is 1.57 bits per heavy atom. The summed E-state index contributed by atoms with van der Waals surface area (Å²) in [6.45, 7) is 4.29. The molecule has 0 aromatic carbocycles. The number of guanidine groups is 1. The Labute approximate surface area is 153 Å². The van der Waals surface area contributed by atoms with Crippen LogP contribution in [-0.2, 0) is 11.3 Å². The fraction of sp³-hybridized carbons (Fsp3) is 0.667. The Bertz CT molecular complexity index is 546. The summed E-state index contributed by atoms with van der Waals surface area (Å²) >= 11 is 0. The van der Waals surface area contributed by atoms with Crippen LogP contribution in [0.5, 0.6) is 0 Å². The van der Waals surface area contributed by atoms with E-state index in [0.717, 1.165) is 51.5 Å². The first-order valence-corrected chi connectivity index (χ1v) is 7.91. The highest BCUT2D eigenvalue weighted by Crippen LogP contribution is 2.35. The Morgan fingerprint density at radius 2 is 2.43 bits per heavy atom. The molecule has 2 saturated heterocycles. The number of carbonyl (C=O) groups excluding carboxylic acids is 1. The van der Waals surface area contributed by atoms with Crippen molar-refractivity contribution in [3.63, 3.8) is 0 Å². The second-order valence-electron chi connectivity index (χ2n) is 6.22. The molecule has 1 unspecified atom stereocenters. The van der Waals surface area contributed by atoms with Gasteiger partial charge in [0, 0.05) is 57.5 Å². The van der Waals surface area contributed by atoms with E-state index in [9.17, 15) is 4.79 Å². The van der Waals surface area contributed by atoms with E-state index in [1.807, 2.05) is 24.0 Å². The van der Waals surface area contributed by atoms with Gasteiger partial charge in [-0.25, -0.2) is 0 Å². The summed E-state index contributed by atoms with van der Waals surface area (Å²) in [4.78, 5) is 18.3. The third-order valence-corrected chi connectivity index (χ3v) is 4.55. The standard InChI is InChI=1S/C15H24N6O.HI/c1-16-14(17-6-9-21-8-3-5-19-21)20-7-2-4-15(12-20)10-13(22)18-11-15;/h3,5,8H,2,4,6-7,9-12H2,1H3,(H,16,17)(H,18,22);1H. The van der Waals surface area contributed by atoms with Crippen molar-refractivity contribution in [2.75, 3.05) is 33.2 Å². The number of nitrogens with zero attached hydrogens (tertiary/aromatic N) is 4. The van der Waals surface area contributed by atoms with E-state index >= 15 is 0 Å². The van der Waals surface area contributed by atoms with Gasteiger partial charge < -0.3 is 15.5 Å². The molecule has 2 N–H and O–H groups in total. The van der Waals surface area contributed by atoms with Gasteiger partial charge in [0.15, 0.2) is 5.96 Å². The predicted octanol–water partition coefficient (Wildman–Crippen LogP) is 0.679. The van der Waals surface area contributed by atoms with Crippen LogP contribution in [0.3, 0.4) is 0 Å². The molecule has 0 saturated carbocycles. The van der Waals surface area contributed by atoms with Gasteiger partial charge in [-0.05, 0) is 18.9 Å². The zero-order valence-corrected chi connectivity index (χ0v) is 15.8. The highest BCUT2D eigenvalue weighted by molar-refractivity contribution is 14.0. The Hall–Kier alpha value is -1.32. The van der Waals surface area contributed by atoms with Crippen LogP contribution in [0.15, 0.2) is 23.5 Å². The lowest BCUT2D eigenvalue weighted by molar-refractivity contribution is -0.119. The largest absolute Gasteiger partial charge is 0.355 e. The summed E-state index contributed by atoms with van der Waals surface area (Å²) in [5.74, 6) is 1.11. The molecule has 1 aromatic rings. The first kappa shape index (κ1) is 18.0. The molecule has 3 rings (SSSR count). The van der Waals surface area contributed by atoms with E-state index in [0.29, 0.717) is 6.42 Å². The van der Waals surface area contributed by atoms with Gasteiger partial charge in [0.05, 0.1) is 6.54 Å². The molecule has 1 atom stereocenters. The van der Waals surface area contributed by atoms with Crippen molar-refractivity contribution >= 4 is 35.8 Å². The fourth-order valence-electron chi connectivity index (χ4n) is 3.48. The van der Waals surface area contributed by atoms with Crippen LogP contribution in [-0.4, -0.2) is 59.8 Å². The normalized spacial score (nSPS) is 24.5. The monoisotopic (exact) mass is 432 g/mol. The van der Waals surface area contributed by atoms with Crippen molar-refractivity contribution < 1.29 is 4.79 Å². The summed E-state index contributed by atoms with van der Waals surface area (Å²) in [5.41, 5.74) is 0.0922. The van der Waals surface area contributed by atoms with Gasteiger partial charge in [0.2, 0.25) is 5.91 Å². The second kappa shape index (κ2) is 7.98. The van der Waals surface area contributed by atoms with Crippen LogP contribution < -0.4 is 10.6 Å². The third kappa shape index (κ3) is 4.36. The molecule has 2 aliphatic heterocycles. The second-order valence-corrected chi connectivity index (χ2v) is 6.22. The van der Waals surface area contributed by atoms with Gasteiger partial charge in [0.25, 0.3) is 0 Å². The summed E-state index contributed by atoms with van der Waals surface area (Å²) in [5, 5.41) is 10.6. The lowest BCUT2D eigenvalue weighted by Gasteiger charge is -2.40. The zero-order chi connectivity index (χ0) is 15.4. The predicted molar refractivity (Wildman–Crippen MR) is 99.9 cm³/mol. The smallest absolute Gasteiger partial charge is 0.220 e. The van der Waals surface area contributed by atoms with Crippen LogP contribution in [0.25, 0.3) is 0 Å². The highest BCUT2D eigenvalue weighted by atomic mass is 127. The van der Waals surface area contributed by atoms with E-state index < -0.39 is 0 Å². The van der Waals surface area contributed by atoms with Gasteiger partial charge in [0.1, 0.15) is 0 Å². The minimum atomic E-state index is 0. The molecule has 7 nitrogen and oxygen atoms in total. The Morgan fingerprint density at radius 3 is 3.09 bits per heavy atom. The molecular formula is C15H25IN6O. The van der Waals surface area contributed by atoms with Crippen LogP contribution in [0, 0.1) is 5.41 Å². The van der Waals surface area contributed by atoms with Gasteiger partial charge >= 0.3 is 0 Å². The van der Waals surface area contributed by atoms with Crippen LogP contribution in [0.2, 0.25) is 0 Å². The lowest BCUT2D eigenvalue weighted by Crippen LogP contribution is -2.51. The summed E-state index contributed by atoms with van der Waals surface area (Å²) in [6.07, 6.45) is 6.61. The van der Waals surface area contributed by atoms with Crippen molar-refractivity contribution in [1.82, 2.24) is 25.3 Å². The number of aromatic nitrogens is 2. The molecule has 3 heterocycles. The van der Waals surface area contributed by atoms with Crippen LogP contribution in [0.1, 0.15) is 19.3 Å². The highest BCUT2D eigenvalue weighted by Gasteiger charge is 2.42. The average Bonchev–Trinajstić information content (AvgIpc) is 3.14. The molecule has 0 bridgehead atoms. The van der Waals surface area contributed by atoms with E-state index in [1.54, 1.807) is 6.20 Å². The van der Waals surface area contributed by atoms with Crippen LogP contribution >= 0.6 is 24.0 Å². The maximum Gasteiger partial charge on any atom is 0.220 e. The number of halogens is 1. The van der Waals surface area contributed by atoms with E-state index in [1.165, 1.54) is 0 Å². The first-order chi connectivity index (χ1) is 10.7. The number of nitrogens with one attached hydrogen (secondary N) is 2. The van der Waals surface area contributed by atoms with Gasteiger partial charge in [-0.1, -0.05) is 0 Å². The lowest BCUT2D eigenvalue weighted by atomic mass is 9.79. The van der Waals surface area contributed by atoms with E-state index in [-0.39, 0.29) is 35.3 Å².